The smallest absolute Gasteiger partial charge is 0.337 e. The molecule has 0 fully saturated rings. The number of hydrogen-bond donors (Lipinski definition) is 3. The Balaban J connectivity index is 2.73. The third-order valence-electron chi connectivity index (χ3n) is 2.76. The van der Waals surface area contributed by atoms with Crippen molar-refractivity contribution < 1.29 is 14.7 Å². The quantitative estimate of drug-likeness (QED) is 0.768. The number of anilines is 1. The summed E-state index contributed by atoms with van der Waals surface area (Å²) in [6, 6.07) is 5.91. The van der Waals surface area contributed by atoms with Crippen LogP contribution >= 0.6 is 0 Å². The van der Waals surface area contributed by atoms with E-state index in [1.807, 2.05) is 20.8 Å². The number of rotatable bonds is 4. The molecule has 0 saturated heterocycles. The van der Waals surface area contributed by atoms with Gasteiger partial charge in [0, 0.05) is 6.04 Å². The van der Waals surface area contributed by atoms with E-state index < -0.39 is 12.0 Å². The van der Waals surface area contributed by atoms with Gasteiger partial charge in [0.05, 0.1) is 11.3 Å². The number of carbonyl (C=O) groups is 2. The molecule has 1 unspecified atom stereocenters. The molecule has 0 aromatic heterocycles. The first-order valence-corrected chi connectivity index (χ1v) is 5.81. The van der Waals surface area contributed by atoms with E-state index in [0.29, 0.717) is 11.6 Å². The lowest BCUT2D eigenvalue weighted by molar-refractivity contribution is 0.0698. The molecule has 0 aliphatic heterocycles. The average molecular weight is 250 g/mol. The molecule has 0 aliphatic rings. The first-order valence-electron chi connectivity index (χ1n) is 5.81. The number of carboxylic acids is 1. The number of amides is 2. The summed E-state index contributed by atoms with van der Waals surface area (Å²) in [7, 11) is 0. The van der Waals surface area contributed by atoms with Crippen LogP contribution in [-0.2, 0) is 0 Å². The molecule has 0 aliphatic carbocycles. The Morgan fingerprint density at radius 1 is 1.17 bits per heavy atom. The van der Waals surface area contributed by atoms with Crippen molar-refractivity contribution in [2.75, 3.05) is 5.32 Å². The van der Waals surface area contributed by atoms with Crippen LogP contribution in [0.4, 0.5) is 10.5 Å². The van der Waals surface area contributed by atoms with Gasteiger partial charge in [-0.1, -0.05) is 26.0 Å². The minimum atomic E-state index is -1.07. The van der Waals surface area contributed by atoms with Crippen molar-refractivity contribution in [2.24, 2.45) is 5.92 Å². The van der Waals surface area contributed by atoms with Crippen LogP contribution in [0, 0.1) is 5.92 Å². The Morgan fingerprint density at radius 3 is 2.33 bits per heavy atom. The maximum absolute atomic E-state index is 11.7. The topological polar surface area (TPSA) is 78.4 Å². The number of aromatic carboxylic acids is 1. The second-order valence-electron chi connectivity index (χ2n) is 4.48. The van der Waals surface area contributed by atoms with Crippen LogP contribution < -0.4 is 10.6 Å². The van der Waals surface area contributed by atoms with Gasteiger partial charge in [0.25, 0.3) is 0 Å². The fraction of sp³-hybridized carbons (Fsp3) is 0.385. The molecule has 98 valence electrons. The van der Waals surface area contributed by atoms with E-state index >= 15 is 0 Å². The number of carbonyl (C=O) groups excluding carboxylic acids is 1. The summed E-state index contributed by atoms with van der Waals surface area (Å²) in [5.74, 6) is -0.756. The highest BCUT2D eigenvalue weighted by molar-refractivity contribution is 5.99. The van der Waals surface area contributed by atoms with Gasteiger partial charge in [-0.15, -0.1) is 0 Å². The summed E-state index contributed by atoms with van der Waals surface area (Å²) in [5, 5.41) is 14.3. The van der Waals surface area contributed by atoms with Crippen molar-refractivity contribution >= 4 is 17.7 Å². The largest absolute Gasteiger partial charge is 0.478 e. The molecular weight excluding hydrogens is 232 g/mol. The maximum Gasteiger partial charge on any atom is 0.337 e. The molecule has 3 N–H and O–H groups in total. The number of urea groups is 1. The van der Waals surface area contributed by atoms with Crippen LogP contribution in [0.3, 0.4) is 0 Å². The lowest BCUT2D eigenvalue weighted by Gasteiger charge is -2.18. The first kappa shape index (κ1) is 14.0. The van der Waals surface area contributed by atoms with Gasteiger partial charge in [0.1, 0.15) is 0 Å². The highest BCUT2D eigenvalue weighted by Crippen LogP contribution is 2.14. The van der Waals surface area contributed by atoms with Crippen LogP contribution in [-0.4, -0.2) is 23.1 Å². The molecule has 18 heavy (non-hydrogen) atoms. The van der Waals surface area contributed by atoms with E-state index in [4.69, 9.17) is 5.11 Å². The zero-order valence-corrected chi connectivity index (χ0v) is 10.7. The second-order valence-corrected chi connectivity index (χ2v) is 4.48. The standard InChI is InChI=1S/C13H18N2O3/c1-8(2)9(3)14-13(18)15-11-7-5-4-6-10(11)12(16)17/h4-9H,1-3H3,(H,16,17)(H2,14,15,18). The third kappa shape index (κ3) is 3.76. The van der Waals surface area contributed by atoms with Crippen LogP contribution in [0.5, 0.6) is 0 Å². The number of nitrogens with one attached hydrogen (secondary N) is 2. The van der Waals surface area contributed by atoms with Gasteiger partial charge in [0.2, 0.25) is 0 Å². The zero-order chi connectivity index (χ0) is 13.7. The molecule has 5 nitrogen and oxygen atoms in total. The van der Waals surface area contributed by atoms with Crippen LogP contribution in [0.15, 0.2) is 24.3 Å². The molecule has 1 aromatic carbocycles. The SMILES string of the molecule is CC(C)C(C)NC(=O)Nc1ccccc1C(=O)O. The van der Waals surface area contributed by atoms with Gasteiger partial charge in [0.15, 0.2) is 0 Å². The lowest BCUT2D eigenvalue weighted by atomic mass is 10.1. The Hall–Kier alpha value is -2.04. The van der Waals surface area contributed by atoms with E-state index in [0.717, 1.165) is 0 Å². The molecular formula is C13H18N2O3. The van der Waals surface area contributed by atoms with E-state index in [1.165, 1.54) is 6.07 Å². The van der Waals surface area contributed by atoms with E-state index in [-0.39, 0.29) is 11.6 Å². The molecule has 0 spiro atoms. The van der Waals surface area contributed by atoms with Crippen LogP contribution in [0.2, 0.25) is 0 Å². The Morgan fingerprint density at radius 2 is 1.78 bits per heavy atom. The van der Waals surface area contributed by atoms with E-state index in [2.05, 4.69) is 10.6 Å². The second kappa shape index (κ2) is 6.05. The molecule has 1 rings (SSSR count). The monoisotopic (exact) mass is 250 g/mol. The summed E-state index contributed by atoms with van der Waals surface area (Å²) in [6.45, 7) is 5.89. The van der Waals surface area contributed by atoms with E-state index in [1.54, 1.807) is 18.2 Å². The van der Waals surface area contributed by atoms with Gasteiger partial charge < -0.3 is 15.7 Å². The minimum Gasteiger partial charge on any atom is -0.478 e. The molecule has 0 bridgehead atoms. The predicted octanol–water partition coefficient (Wildman–Crippen LogP) is 2.55. The van der Waals surface area contributed by atoms with Crippen molar-refractivity contribution in [3.8, 4) is 0 Å². The summed E-state index contributed by atoms with van der Waals surface area (Å²) in [6.07, 6.45) is 0. The number of benzene rings is 1. The molecule has 0 heterocycles. The highest BCUT2D eigenvalue weighted by atomic mass is 16.4. The van der Waals surface area contributed by atoms with Crippen molar-refractivity contribution in [3.63, 3.8) is 0 Å². The van der Waals surface area contributed by atoms with Gasteiger partial charge >= 0.3 is 12.0 Å². The van der Waals surface area contributed by atoms with Crippen LogP contribution in [0.25, 0.3) is 0 Å². The zero-order valence-electron chi connectivity index (χ0n) is 10.7. The van der Waals surface area contributed by atoms with Crippen molar-refractivity contribution in [1.82, 2.24) is 5.32 Å². The van der Waals surface area contributed by atoms with Crippen molar-refractivity contribution in [1.29, 1.82) is 0 Å². The summed E-state index contributed by atoms with van der Waals surface area (Å²) >= 11 is 0. The maximum atomic E-state index is 11.7. The number of carboxylic acid groups (broad SMARTS) is 1. The molecule has 2 amide bonds. The molecule has 5 heteroatoms. The molecule has 0 radical (unpaired) electrons. The summed E-state index contributed by atoms with van der Waals surface area (Å²) < 4.78 is 0. The Bertz CT molecular complexity index is 444. The van der Waals surface area contributed by atoms with Gasteiger partial charge in [-0.2, -0.15) is 0 Å². The summed E-state index contributed by atoms with van der Waals surface area (Å²) in [4.78, 5) is 22.6. The lowest BCUT2D eigenvalue weighted by Crippen LogP contribution is -2.39. The fourth-order valence-electron chi connectivity index (χ4n) is 1.31. The van der Waals surface area contributed by atoms with Gasteiger partial charge in [-0.3, -0.25) is 0 Å². The third-order valence-corrected chi connectivity index (χ3v) is 2.76. The fourth-order valence-corrected chi connectivity index (χ4v) is 1.31. The number of para-hydroxylation sites is 1. The minimum absolute atomic E-state index is 0.0157. The average Bonchev–Trinajstić information content (AvgIpc) is 2.28. The van der Waals surface area contributed by atoms with E-state index in [9.17, 15) is 9.59 Å². The molecule has 1 atom stereocenters. The van der Waals surface area contributed by atoms with Crippen molar-refractivity contribution in [3.05, 3.63) is 29.8 Å². The highest BCUT2D eigenvalue weighted by Gasteiger charge is 2.14. The predicted molar refractivity (Wildman–Crippen MR) is 69.9 cm³/mol. The summed E-state index contributed by atoms with van der Waals surface area (Å²) in [5.41, 5.74) is 0.364. The molecule has 1 aromatic rings. The Kier molecular flexibility index (Phi) is 4.71. The van der Waals surface area contributed by atoms with Crippen molar-refractivity contribution in [2.45, 2.75) is 26.8 Å². The normalized spacial score (nSPS) is 12.0. The molecule has 0 saturated carbocycles. The first-order chi connectivity index (χ1) is 8.41. The van der Waals surface area contributed by atoms with Gasteiger partial charge in [-0.05, 0) is 25.0 Å². The number of hydrogen-bond acceptors (Lipinski definition) is 2. The Labute approximate surface area is 106 Å². The van der Waals surface area contributed by atoms with Gasteiger partial charge in [-0.25, -0.2) is 9.59 Å². The van der Waals surface area contributed by atoms with Crippen LogP contribution in [0.1, 0.15) is 31.1 Å².